The third-order valence-electron chi connectivity index (χ3n) is 6.27. The zero-order valence-corrected chi connectivity index (χ0v) is 16.0. The number of hydrogen-bond donors (Lipinski definition) is 0. The van der Waals surface area contributed by atoms with Crippen LogP contribution in [0.1, 0.15) is 50.0 Å². The average Bonchev–Trinajstić information content (AvgIpc) is 3.54. The molecule has 4 rings (SSSR count). The lowest BCUT2D eigenvalue weighted by Gasteiger charge is -2.35. The number of piperazine rings is 1. The van der Waals surface area contributed by atoms with Crippen molar-refractivity contribution < 1.29 is 14.3 Å². The molecular formula is C22H30N2O3. The Kier molecular flexibility index (Phi) is 5.77. The third kappa shape index (κ3) is 4.52. The molecule has 5 heteroatoms. The summed E-state index contributed by atoms with van der Waals surface area (Å²) in [7, 11) is 0. The van der Waals surface area contributed by atoms with Crippen LogP contribution in [0.4, 0.5) is 0 Å². The predicted octanol–water partition coefficient (Wildman–Crippen LogP) is 2.81. The van der Waals surface area contributed by atoms with Gasteiger partial charge in [-0.25, -0.2) is 0 Å². The van der Waals surface area contributed by atoms with E-state index in [1.807, 2.05) is 28.0 Å². The maximum Gasteiger partial charge on any atom is 0.248 e. The predicted molar refractivity (Wildman–Crippen MR) is 103 cm³/mol. The van der Waals surface area contributed by atoms with Crippen LogP contribution in [0.5, 0.6) is 0 Å². The summed E-state index contributed by atoms with van der Waals surface area (Å²) < 4.78 is 5.81. The second-order valence-corrected chi connectivity index (χ2v) is 8.14. The van der Waals surface area contributed by atoms with Gasteiger partial charge in [0.2, 0.25) is 11.8 Å². The molecule has 1 aromatic carbocycles. The molecule has 5 nitrogen and oxygen atoms in total. The topological polar surface area (TPSA) is 49.9 Å². The number of ether oxygens (including phenoxy) is 1. The Morgan fingerprint density at radius 3 is 2.30 bits per heavy atom. The van der Waals surface area contributed by atoms with Crippen LogP contribution in [0.2, 0.25) is 0 Å². The van der Waals surface area contributed by atoms with Gasteiger partial charge in [-0.2, -0.15) is 0 Å². The molecule has 2 saturated carbocycles. The zero-order valence-electron chi connectivity index (χ0n) is 16.0. The van der Waals surface area contributed by atoms with E-state index in [1.54, 1.807) is 0 Å². The fraction of sp³-hybridized carbons (Fsp3) is 0.636. The number of rotatable bonds is 5. The summed E-state index contributed by atoms with van der Waals surface area (Å²) >= 11 is 0. The van der Waals surface area contributed by atoms with Crippen LogP contribution in [-0.2, 0) is 14.3 Å². The summed E-state index contributed by atoms with van der Waals surface area (Å²) in [6.45, 7) is 2.73. The van der Waals surface area contributed by atoms with Gasteiger partial charge in [0.05, 0.1) is 6.10 Å². The Morgan fingerprint density at radius 2 is 1.59 bits per heavy atom. The number of benzene rings is 1. The lowest BCUT2D eigenvalue weighted by Crippen LogP contribution is -2.52. The minimum absolute atomic E-state index is 0.0706. The molecule has 1 aromatic rings. The van der Waals surface area contributed by atoms with Gasteiger partial charge in [-0.3, -0.25) is 9.59 Å². The first kappa shape index (κ1) is 18.5. The Labute approximate surface area is 161 Å². The number of carbonyl (C=O) groups excluding carboxylic acids is 2. The molecule has 2 amide bonds. The van der Waals surface area contributed by atoms with Crippen molar-refractivity contribution in [3.05, 3.63) is 35.9 Å². The maximum atomic E-state index is 12.8. The second-order valence-electron chi connectivity index (χ2n) is 8.14. The highest BCUT2D eigenvalue weighted by Gasteiger charge is 2.46. The SMILES string of the molecule is O=C(COC1CCCCC1)N1CCN(C(=O)[C@@H]2C[C@H]2c2ccccc2)CC1. The van der Waals surface area contributed by atoms with E-state index in [0.29, 0.717) is 32.1 Å². The molecular weight excluding hydrogens is 340 g/mol. The summed E-state index contributed by atoms with van der Waals surface area (Å²) in [6.07, 6.45) is 7.09. The largest absolute Gasteiger partial charge is 0.368 e. The van der Waals surface area contributed by atoms with Crippen LogP contribution >= 0.6 is 0 Å². The monoisotopic (exact) mass is 370 g/mol. The molecule has 0 bridgehead atoms. The van der Waals surface area contributed by atoms with Crippen molar-refractivity contribution in [1.82, 2.24) is 9.80 Å². The van der Waals surface area contributed by atoms with Crippen LogP contribution in [-0.4, -0.2) is 60.5 Å². The normalized spacial score (nSPS) is 26.1. The van der Waals surface area contributed by atoms with Crippen LogP contribution in [0, 0.1) is 5.92 Å². The summed E-state index contributed by atoms with van der Waals surface area (Å²) in [4.78, 5) is 28.9. The maximum absolute atomic E-state index is 12.8. The van der Waals surface area contributed by atoms with E-state index >= 15 is 0 Å². The van der Waals surface area contributed by atoms with E-state index in [-0.39, 0.29) is 30.4 Å². The molecule has 146 valence electrons. The van der Waals surface area contributed by atoms with Crippen molar-refractivity contribution in [1.29, 1.82) is 0 Å². The minimum Gasteiger partial charge on any atom is -0.368 e. The average molecular weight is 370 g/mol. The van der Waals surface area contributed by atoms with Gasteiger partial charge in [-0.15, -0.1) is 0 Å². The summed E-state index contributed by atoms with van der Waals surface area (Å²) in [6, 6.07) is 10.3. The lowest BCUT2D eigenvalue weighted by atomic mass is 9.98. The van der Waals surface area contributed by atoms with Crippen LogP contribution in [0.15, 0.2) is 30.3 Å². The lowest BCUT2D eigenvalue weighted by molar-refractivity contribution is -0.144. The molecule has 3 fully saturated rings. The van der Waals surface area contributed by atoms with Gasteiger partial charge in [0.1, 0.15) is 6.61 Å². The molecule has 0 spiro atoms. The quantitative estimate of drug-likeness (QED) is 0.801. The summed E-state index contributed by atoms with van der Waals surface area (Å²) in [5, 5.41) is 0. The van der Waals surface area contributed by atoms with E-state index in [1.165, 1.54) is 24.8 Å². The number of hydrogen-bond acceptors (Lipinski definition) is 3. The number of carbonyl (C=O) groups is 2. The fourth-order valence-corrected chi connectivity index (χ4v) is 4.46. The minimum atomic E-state index is 0.0706. The van der Waals surface area contributed by atoms with Gasteiger partial charge in [-0.05, 0) is 30.7 Å². The molecule has 27 heavy (non-hydrogen) atoms. The molecule has 3 aliphatic rings. The highest BCUT2D eigenvalue weighted by atomic mass is 16.5. The van der Waals surface area contributed by atoms with Crippen molar-refractivity contribution in [3.63, 3.8) is 0 Å². The first-order valence-corrected chi connectivity index (χ1v) is 10.5. The summed E-state index contributed by atoms with van der Waals surface area (Å²) in [5.74, 6) is 0.835. The van der Waals surface area contributed by atoms with E-state index in [2.05, 4.69) is 12.1 Å². The van der Waals surface area contributed by atoms with E-state index in [0.717, 1.165) is 19.3 Å². The first-order chi connectivity index (χ1) is 13.2. The second kappa shape index (κ2) is 8.42. The molecule has 0 N–H and O–H groups in total. The van der Waals surface area contributed by atoms with Gasteiger partial charge >= 0.3 is 0 Å². The molecule has 1 aliphatic heterocycles. The molecule has 1 heterocycles. The van der Waals surface area contributed by atoms with Crippen LogP contribution in [0.25, 0.3) is 0 Å². The van der Waals surface area contributed by atoms with Gasteiger partial charge in [0, 0.05) is 32.1 Å². The highest BCUT2D eigenvalue weighted by molar-refractivity contribution is 5.83. The number of nitrogens with zero attached hydrogens (tertiary/aromatic N) is 2. The smallest absolute Gasteiger partial charge is 0.248 e. The molecule has 2 atom stereocenters. The van der Waals surface area contributed by atoms with Crippen molar-refractivity contribution in [3.8, 4) is 0 Å². The highest BCUT2D eigenvalue weighted by Crippen LogP contribution is 2.48. The van der Waals surface area contributed by atoms with E-state index < -0.39 is 0 Å². The van der Waals surface area contributed by atoms with Crippen molar-refractivity contribution in [2.45, 2.75) is 50.5 Å². The fourth-order valence-electron chi connectivity index (χ4n) is 4.46. The van der Waals surface area contributed by atoms with Gasteiger partial charge in [0.15, 0.2) is 0 Å². The van der Waals surface area contributed by atoms with Gasteiger partial charge in [-0.1, -0.05) is 49.6 Å². The Hall–Kier alpha value is -1.88. The Balaban J connectivity index is 1.20. The Morgan fingerprint density at radius 1 is 0.926 bits per heavy atom. The number of amides is 2. The van der Waals surface area contributed by atoms with Crippen molar-refractivity contribution >= 4 is 11.8 Å². The first-order valence-electron chi connectivity index (χ1n) is 10.5. The van der Waals surface area contributed by atoms with E-state index in [9.17, 15) is 9.59 Å². The van der Waals surface area contributed by atoms with Gasteiger partial charge in [0.25, 0.3) is 0 Å². The molecule has 0 aromatic heterocycles. The van der Waals surface area contributed by atoms with Crippen LogP contribution < -0.4 is 0 Å². The molecule has 0 unspecified atom stereocenters. The molecule has 2 aliphatic carbocycles. The molecule has 1 saturated heterocycles. The molecule has 0 radical (unpaired) electrons. The third-order valence-corrected chi connectivity index (χ3v) is 6.27. The summed E-state index contributed by atoms with van der Waals surface area (Å²) in [5.41, 5.74) is 1.27. The van der Waals surface area contributed by atoms with E-state index in [4.69, 9.17) is 4.74 Å². The van der Waals surface area contributed by atoms with Crippen molar-refractivity contribution in [2.75, 3.05) is 32.8 Å². The van der Waals surface area contributed by atoms with Crippen LogP contribution in [0.3, 0.4) is 0 Å². The Bertz CT molecular complexity index is 649. The zero-order chi connectivity index (χ0) is 18.6. The van der Waals surface area contributed by atoms with Crippen molar-refractivity contribution in [2.24, 2.45) is 5.92 Å². The standard InChI is InChI=1S/C22H30N2O3/c25-21(16-27-18-9-5-2-6-10-18)23-11-13-24(14-12-23)22(26)20-15-19(20)17-7-3-1-4-8-17/h1,3-4,7-8,18-20H,2,5-6,9-16H2/t19-,20+/m0/s1. The van der Waals surface area contributed by atoms with Gasteiger partial charge < -0.3 is 14.5 Å².